The molecule has 0 atom stereocenters. The number of nitrogens with zero attached hydrogens (tertiary/aromatic N) is 2. The van der Waals surface area contributed by atoms with Crippen molar-refractivity contribution >= 4 is 17.7 Å². The Kier molecular flexibility index (Phi) is 3.84. The summed E-state index contributed by atoms with van der Waals surface area (Å²) in [5, 5.41) is 11.1. The Hall–Kier alpha value is -2.63. The summed E-state index contributed by atoms with van der Waals surface area (Å²) in [7, 11) is 1.76. The van der Waals surface area contributed by atoms with Crippen LogP contribution in [0.5, 0.6) is 0 Å². The Morgan fingerprint density at radius 3 is 2.70 bits per heavy atom. The summed E-state index contributed by atoms with van der Waals surface area (Å²) < 4.78 is 5.21. The first kappa shape index (κ1) is 13.8. The molecule has 0 radical (unpaired) electrons. The molecule has 0 aliphatic carbocycles. The van der Waals surface area contributed by atoms with Crippen LogP contribution in [-0.4, -0.2) is 18.3 Å². The van der Waals surface area contributed by atoms with Gasteiger partial charge in [-0.05, 0) is 25.1 Å². The molecule has 0 saturated carbocycles. The number of carbonyl (C=O) groups excluding carboxylic acids is 1. The van der Waals surface area contributed by atoms with Crippen molar-refractivity contribution in [2.24, 2.45) is 0 Å². The SMILES string of the molecule is Cc1occc1CN(C)c1ccc(C=O)cc1[N+](=O)[O-]. The fourth-order valence-corrected chi connectivity index (χ4v) is 2.00. The molecule has 0 aliphatic rings. The number of hydrogen-bond donors (Lipinski definition) is 0. The van der Waals surface area contributed by atoms with Crippen LogP contribution in [0.15, 0.2) is 34.9 Å². The molecule has 0 unspecified atom stereocenters. The van der Waals surface area contributed by atoms with Crippen LogP contribution < -0.4 is 4.90 Å². The molecule has 0 saturated heterocycles. The van der Waals surface area contributed by atoms with Gasteiger partial charge in [0.2, 0.25) is 0 Å². The quantitative estimate of drug-likeness (QED) is 0.476. The number of carbonyl (C=O) groups is 1. The van der Waals surface area contributed by atoms with E-state index < -0.39 is 4.92 Å². The highest BCUT2D eigenvalue weighted by Crippen LogP contribution is 2.29. The number of benzene rings is 1. The van der Waals surface area contributed by atoms with E-state index in [0.29, 0.717) is 18.5 Å². The van der Waals surface area contributed by atoms with E-state index in [1.165, 1.54) is 6.07 Å². The lowest BCUT2D eigenvalue weighted by atomic mass is 10.1. The minimum absolute atomic E-state index is 0.0850. The maximum absolute atomic E-state index is 11.1. The van der Waals surface area contributed by atoms with Crippen molar-refractivity contribution in [3.8, 4) is 0 Å². The molecular formula is C14H14N2O4. The van der Waals surface area contributed by atoms with Gasteiger partial charge < -0.3 is 9.32 Å². The van der Waals surface area contributed by atoms with Crippen LogP contribution >= 0.6 is 0 Å². The van der Waals surface area contributed by atoms with Crippen molar-refractivity contribution < 1.29 is 14.1 Å². The zero-order valence-corrected chi connectivity index (χ0v) is 11.2. The fourth-order valence-electron chi connectivity index (χ4n) is 2.00. The number of aldehydes is 1. The van der Waals surface area contributed by atoms with Gasteiger partial charge in [-0.3, -0.25) is 14.9 Å². The number of rotatable bonds is 5. The molecule has 104 valence electrons. The van der Waals surface area contributed by atoms with Crippen molar-refractivity contribution in [3.63, 3.8) is 0 Å². The summed E-state index contributed by atoms with van der Waals surface area (Å²) in [6, 6.07) is 6.25. The molecule has 0 aliphatic heterocycles. The van der Waals surface area contributed by atoms with E-state index in [-0.39, 0.29) is 11.3 Å². The molecular weight excluding hydrogens is 260 g/mol. The summed E-state index contributed by atoms with van der Waals surface area (Å²) in [4.78, 5) is 23.1. The molecule has 0 N–H and O–H groups in total. The lowest BCUT2D eigenvalue weighted by molar-refractivity contribution is -0.384. The average Bonchev–Trinajstić information content (AvgIpc) is 2.83. The van der Waals surface area contributed by atoms with E-state index in [0.717, 1.165) is 11.3 Å². The van der Waals surface area contributed by atoms with Gasteiger partial charge in [0.05, 0.1) is 11.2 Å². The van der Waals surface area contributed by atoms with Crippen LogP contribution in [0.1, 0.15) is 21.7 Å². The lowest BCUT2D eigenvalue weighted by Crippen LogP contribution is -2.18. The highest BCUT2D eigenvalue weighted by atomic mass is 16.6. The number of furan rings is 1. The van der Waals surface area contributed by atoms with E-state index in [2.05, 4.69) is 0 Å². The van der Waals surface area contributed by atoms with E-state index >= 15 is 0 Å². The van der Waals surface area contributed by atoms with Gasteiger partial charge in [-0.15, -0.1) is 0 Å². The van der Waals surface area contributed by atoms with Gasteiger partial charge in [0.1, 0.15) is 17.7 Å². The Morgan fingerprint density at radius 2 is 2.15 bits per heavy atom. The number of aryl methyl sites for hydroxylation is 1. The van der Waals surface area contributed by atoms with Gasteiger partial charge in [-0.1, -0.05) is 0 Å². The largest absolute Gasteiger partial charge is 0.469 e. The normalized spacial score (nSPS) is 10.3. The van der Waals surface area contributed by atoms with Crippen LogP contribution in [-0.2, 0) is 6.54 Å². The van der Waals surface area contributed by atoms with Crippen LogP contribution in [0, 0.1) is 17.0 Å². The molecule has 2 aromatic rings. The Bertz CT molecular complexity index is 648. The predicted octanol–water partition coefficient (Wildman–Crippen LogP) is 2.95. The molecule has 20 heavy (non-hydrogen) atoms. The van der Waals surface area contributed by atoms with Gasteiger partial charge in [0.15, 0.2) is 0 Å². The summed E-state index contributed by atoms with van der Waals surface area (Å²) in [6.07, 6.45) is 2.18. The van der Waals surface area contributed by atoms with Crippen molar-refractivity contribution in [1.29, 1.82) is 0 Å². The first-order valence-electron chi connectivity index (χ1n) is 6.00. The molecule has 0 amide bonds. The van der Waals surface area contributed by atoms with Gasteiger partial charge >= 0.3 is 0 Å². The van der Waals surface area contributed by atoms with Gasteiger partial charge in [-0.25, -0.2) is 0 Å². The summed E-state index contributed by atoms with van der Waals surface area (Å²) >= 11 is 0. The number of nitro benzene ring substituents is 1. The van der Waals surface area contributed by atoms with E-state index in [9.17, 15) is 14.9 Å². The first-order chi connectivity index (χ1) is 9.52. The molecule has 2 rings (SSSR count). The molecule has 0 spiro atoms. The third-order valence-electron chi connectivity index (χ3n) is 3.12. The molecule has 0 fully saturated rings. The Balaban J connectivity index is 2.34. The molecule has 6 heteroatoms. The lowest BCUT2D eigenvalue weighted by Gasteiger charge is -2.18. The highest BCUT2D eigenvalue weighted by molar-refractivity contribution is 5.79. The molecule has 1 aromatic heterocycles. The zero-order valence-electron chi connectivity index (χ0n) is 11.2. The van der Waals surface area contributed by atoms with Crippen molar-refractivity contribution in [3.05, 3.63) is 57.5 Å². The summed E-state index contributed by atoms with van der Waals surface area (Å²) in [6.45, 7) is 2.33. The van der Waals surface area contributed by atoms with Crippen LogP contribution in [0.25, 0.3) is 0 Å². The standard InChI is InChI=1S/C14H14N2O4/c1-10-12(5-6-20-10)8-15(2)13-4-3-11(9-17)7-14(13)16(18)19/h3-7,9H,8H2,1-2H3. The Morgan fingerprint density at radius 1 is 1.40 bits per heavy atom. The first-order valence-corrected chi connectivity index (χ1v) is 6.00. The average molecular weight is 274 g/mol. The summed E-state index contributed by atoms with van der Waals surface area (Å²) in [5.74, 6) is 0.781. The number of hydrogen-bond acceptors (Lipinski definition) is 5. The molecule has 1 heterocycles. The molecule has 0 bridgehead atoms. The monoisotopic (exact) mass is 274 g/mol. The third kappa shape index (κ3) is 2.69. The zero-order chi connectivity index (χ0) is 14.7. The second-order valence-electron chi connectivity index (χ2n) is 4.48. The maximum atomic E-state index is 11.1. The highest BCUT2D eigenvalue weighted by Gasteiger charge is 2.18. The van der Waals surface area contributed by atoms with E-state index in [4.69, 9.17) is 4.42 Å². The molecule has 1 aromatic carbocycles. The minimum Gasteiger partial charge on any atom is -0.469 e. The molecule has 6 nitrogen and oxygen atoms in total. The third-order valence-corrected chi connectivity index (χ3v) is 3.12. The van der Waals surface area contributed by atoms with Crippen molar-refractivity contribution in [2.45, 2.75) is 13.5 Å². The second-order valence-corrected chi connectivity index (χ2v) is 4.48. The smallest absolute Gasteiger partial charge is 0.293 e. The Labute approximate surface area is 115 Å². The van der Waals surface area contributed by atoms with Crippen LogP contribution in [0.2, 0.25) is 0 Å². The van der Waals surface area contributed by atoms with Gasteiger partial charge in [0.25, 0.3) is 5.69 Å². The predicted molar refractivity (Wildman–Crippen MR) is 74.0 cm³/mol. The van der Waals surface area contributed by atoms with E-state index in [1.54, 1.807) is 30.3 Å². The minimum atomic E-state index is -0.485. The summed E-state index contributed by atoms with van der Waals surface area (Å²) in [5.41, 5.74) is 1.62. The van der Waals surface area contributed by atoms with Crippen LogP contribution in [0.3, 0.4) is 0 Å². The van der Waals surface area contributed by atoms with Gasteiger partial charge in [0, 0.05) is 30.8 Å². The number of anilines is 1. The van der Waals surface area contributed by atoms with Gasteiger partial charge in [-0.2, -0.15) is 0 Å². The van der Waals surface area contributed by atoms with E-state index in [1.807, 2.05) is 13.0 Å². The maximum Gasteiger partial charge on any atom is 0.293 e. The fraction of sp³-hybridized carbons (Fsp3) is 0.214. The second kappa shape index (κ2) is 5.56. The number of nitro groups is 1. The van der Waals surface area contributed by atoms with Crippen LogP contribution in [0.4, 0.5) is 11.4 Å². The topological polar surface area (TPSA) is 76.6 Å². The van der Waals surface area contributed by atoms with Crippen molar-refractivity contribution in [2.75, 3.05) is 11.9 Å². The van der Waals surface area contributed by atoms with Crippen molar-refractivity contribution in [1.82, 2.24) is 0 Å².